The quantitative estimate of drug-likeness (QED) is 0.840. The number of hydrogen-bond donors (Lipinski definition) is 2. The summed E-state index contributed by atoms with van der Waals surface area (Å²) in [4.78, 5) is 24.7. The van der Waals surface area contributed by atoms with Gasteiger partial charge in [0.2, 0.25) is 5.91 Å². The molecule has 0 bridgehead atoms. The molecule has 2 amide bonds. The molecule has 1 atom stereocenters. The maximum absolute atomic E-state index is 13.7. The monoisotopic (exact) mass is 366 g/mol. The number of amides is 2. The fourth-order valence-corrected chi connectivity index (χ4v) is 2.37. The zero-order valence-corrected chi connectivity index (χ0v) is 14.4. The van der Waals surface area contributed by atoms with Gasteiger partial charge in [-0.05, 0) is 36.2 Å². The van der Waals surface area contributed by atoms with Crippen molar-refractivity contribution in [2.45, 2.75) is 19.9 Å². The van der Waals surface area contributed by atoms with Crippen molar-refractivity contribution in [2.75, 3.05) is 5.32 Å². The molecule has 2 rings (SSSR count). The average Bonchev–Trinajstić information content (AvgIpc) is 2.55. The van der Waals surface area contributed by atoms with E-state index in [1.807, 2.05) is 0 Å². The smallest absolute Gasteiger partial charge is 0.254 e. The molecule has 0 heterocycles. The fourth-order valence-electron chi connectivity index (χ4n) is 2.19. The van der Waals surface area contributed by atoms with Crippen molar-refractivity contribution >= 4 is 29.1 Å². The molecule has 2 aromatic rings. The summed E-state index contributed by atoms with van der Waals surface area (Å²) in [6.07, 6.45) is 0. The van der Waals surface area contributed by atoms with Gasteiger partial charge in [-0.1, -0.05) is 37.6 Å². The molecule has 25 heavy (non-hydrogen) atoms. The molecule has 0 aromatic heterocycles. The Bertz CT molecular complexity index is 796. The fraction of sp³-hybridized carbons (Fsp3) is 0.222. The first-order valence-corrected chi connectivity index (χ1v) is 7.98. The van der Waals surface area contributed by atoms with Crippen molar-refractivity contribution < 1.29 is 18.4 Å². The van der Waals surface area contributed by atoms with Crippen LogP contribution in [0.25, 0.3) is 0 Å². The summed E-state index contributed by atoms with van der Waals surface area (Å²) in [6.45, 7) is 3.48. The van der Waals surface area contributed by atoms with E-state index >= 15 is 0 Å². The third-order valence-corrected chi connectivity index (χ3v) is 3.83. The molecule has 4 nitrogen and oxygen atoms in total. The minimum atomic E-state index is -0.907. The van der Waals surface area contributed by atoms with Crippen LogP contribution in [0.15, 0.2) is 42.5 Å². The molecule has 7 heteroatoms. The molecule has 2 N–H and O–H groups in total. The lowest BCUT2D eigenvalue weighted by molar-refractivity contribution is -0.118. The second kappa shape index (κ2) is 8.07. The summed E-state index contributed by atoms with van der Waals surface area (Å²) in [5.41, 5.74) is 0.146. The molecule has 0 unspecified atom stereocenters. The van der Waals surface area contributed by atoms with Gasteiger partial charge in [0.15, 0.2) is 0 Å². The van der Waals surface area contributed by atoms with Crippen LogP contribution in [-0.2, 0) is 4.79 Å². The number of benzene rings is 2. The van der Waals surface area contributed by atoms with Crippen LogP contribution in [0.4, 0.5) is 14.5 Å². The summed E-state index contributed by atoms with van der Waals surface area (Å²) in [7, 11) is 0. The van der Waals surface area contributed by atoms with E-state index in [-0.39, 0.29) is 16.5 Å². The van der Waals surface area contributed by atoms with Crippen LogP contribution < -0.4 is 10.6 Å². The highest BCUT2D eigenvalue weighted by atomic mass is 35.5. The van der Waals surface area contributed by atoms with E-state index in [4.69, 9.17) is 11.6 Å². The number of rotatable bonds is 5. The van der Waals surface area contributed by atoms with Gasteiger partial charge in [-0.2, -0.15) is 0 Å². The number of nitrogens with one attached hydrogen (secondary N) is 2. The lowest BCUT2D eigenvalue weighted by atomic mass is 10.0. The Morgan fingerprint density at radius 3 is 2.32 bits per heavy atom. The zero-order chi connectivity index (χ0) is 18.6. The summed E-state index contributed by atoms with van der Waals surface area (Å²) < 4.78 is 26.9. The van der Waals surface area contributed by atoms with E-state index in [9.17, 15) is 18.4 Å². The Labute approximate surface area is 149 Å². The highest BCUT2D eigenvalue weighted by Crippen LogP contribution is 2.20. The van der Waals surface area contributed by atoms with Crippen molar-refractivity contribution in [3.8, 4) is 0 Å². The number of carbonyl (C=O) groups is 2. The van der Waals surface area contributed by atoms with Gasteiger partial charge in [0, 0.05) is 5.69 Å². The Morgan fingerprint density at radius 1 is 1.04 bits per heavy atom. The Hall–Kier alpha value is -2.47. The highest BCUT2D eigenvalue weighted by molar-refractivity contribution is 6.31. The van der Waals surface area contributed by atoms with Crippen molar-refractivity contribution in [3.63, 3.8) is 0 Å². The van der Waals surface area contributed by atoms with Gasteiger partial charge in [-0.3, -0.25) is 9.59 Å². The van der Waals surface area contributed by atoms with Crippen molar-refractivity contribution in [1.29, 1.82) is 0 Å². The van der Waals surface area contributed by atoms with Crippen LogP contribution in [0.2, 0.25) is 5.02 Å². The molecule has 132 valence electrons. The van der Waals surface area contributed by atoms with Crippen molar-refractivity contribution in [2.24, 2.45) is 5.92 Å². The molecule has 0 spiro atoms. The Balaban J connectivity index is 2.14. The molecule has 2 aromatic carbocycles. The molecule has 0 fully saturated rings. The normalized spacial score (nSPS) is 11.9. The van der Waals surface area contributed by atoms with Gasteiger partial charge in [0.1, 0.15) is 17.7 Å². The Morgan fingerprint density at radius 2 is 1.72 bits per heavy atom. The minimum absolute atomic E-state index is 0.130. The third-order valence-electron chi connectivity index (χ3n) is 3.54. The second-order valence-corrected chi connectivity index (χ2v) is 6.20. The first-order valence-electron chi connectivity index (χ1n) is 7.61. The second-order valence-electron chi connectivity index (χ2n) is 5.79. The predicted octanol–water partition coefficient (Wildman–Crippen LogP) is 4.01. The lowest BCUT2D eigenvalue weighted by Crippen LogP contribution is -2.47. The van der Waals surface area contributed by atoms with E-state index in [2.05, 4.69) is 10.6 Å². The summed E-state index contributed by atoms with van der Waals surface area (Å²) in [5, 5.41) is 4.96. The van der Waals surface area contributed by atoms with Crippen molar-refractivity contribution in [3.05, 3.63) is 64.7 Å². The predicted molar refractivity (Wildman–Crippen MR) is 92.5 cm³/mol. The summed E-state index contributed by atoms with van der Waals surface area (Å²) in [5.74, 6) is -2.74. The van der Waals surface area contributed by atoms with E-state index in [0.29, 0.717) is 5.69 Å². The van der Waals surface area contributed by atoms with E-state index in [1.165, 1.54) is 36.4 Å². The van der Waals surface area contributed by atoms with Gasteiger partial charge >= 0.3 is 0 Å². The number of halogens is 3. The molecule has 0 aliphatic carbocycles. The first-order chi connectivity index (χ1) is 11.8. The average molecular weight is 367 g/mol. The molecule has 0 saturated carbocycles. The molecule has 0 aliphatic heterocycles. The lowest BCUT2D eigenvalue weighted by Gasteiger charge is -2.22. The van der Waals surface area contributed by atoms with Crippen LogP contribution >= 0.6 is 11.6 Å². The largest absolute Gasteiger partial charge is 0.340 e. The SMILES string of the molecule is CC(C)[C@H](NC(=O)c1ccccc1F)C(=O)Nc1ccc(F)c(Cl)c1. The van der Waals surface area contributed by atoms with Gasteiger partial charge in [0.05, 0.1) is 10.6 Å². The topological polar surface area (TPSA) is 58.2 Å². The van der Waals surface area contributed by atoms with Crippen LogP contribution in [0.3, 0.4) is 0 Å². The first kappa shape index (κ1) is 18.9. The van der Waals surface area contributed by atoms with Gasteiger partial charge in [-0.15, -0.1) is 0 Å². The highest BCUT2D eigenvalue weighted by Gasteiger charge is 2.25. The summed E-state index contributed by atoms with van der Waals surface area (Å²) in [6, 6.07) is 8.34. The number of anilines is 1. The third kappa shape index (κ3) is 4.76. The van der Waals surface area contributed by atoms with Crippen LogP contribution in [0.5, 0.6) is 0 Å². The van der Waals surface area contributed by atoms with E-state index in [0.717, 1.165) is 6.07 Å². The van der Waals surface area contributed by atoms with Crippen LogP contribution in [0, 0.1) is 17.6 Å². The molecule has 0 saturated heterocycles. The van der Waals surface area contributed by atoms with E-state index < -0.39 is 29.5 Å². The molecule has 0 aliphatic rings. The standard InChI is InChI=1S/C18H17ClF2N2O2/c1-10(2)16(23-17(24)12-5-3-4-6-14(12)20)18(25)22-11-7-8-15(21)13(19)9-11/h3-10,16H,1-2H3,(H,22,25)(H,23,24)/t16-/m0/s1. The Kier molecular flexibility index (Phi) is 6.09. The van der Waals surface area contributed by atoms with E-state index in [1.54, 1.807) is 13.8 Å². The maximum Gasteiger partial charge on any atom is 0.254 e. The van der Waals surface area contributed by atoms with Gasteiger partial charge in [0.25, 0.3) is 5.91 Å². The molecular formula is C18H17ClF2N2O2. The molecule has 0 radical (unpaired) electrons. The van der Waals surface area contributed by atoms with Crippen molar-refractivity contribution in [1.82, 2.24) is 5.32 Å². The maximum atomic E-state index is 13.7. The van der Waals surface area contributed by atoms with Gasteiger partial charge in [-0.25, -0.2) is 8.78 Å². The summed E-state index contributed by atoms with van der Waals surface area (Å²) >= 11 is 5.68. The van der Waals surface area contributed by atoms with Gasteiger partial charge < -0.3 is 10.6 Å². The number of carbonyl (C=O) groups excluding carboxylic acids is 2. The minimum Gasteiger partial charge on any atom is -0.340 e. The molecular weight excluding hydrogens is 350 g/mol. The zero-order valence-electron chi connectivity index (χ0n) is 13.6. The van der Waals surface area contributed by atoms with Crippen LogP contribution in [0.1, 0.15) is 24.2 Å². The number of hydrogen-bond acceptors (Lipinski definition) is 2. The van der Waals surface area contributed by atoms with Crippen LogP contribution in [-0.4, -0.2) is 17.9 Å².